The predicted octanol–water partition coefficient (Wildman–Crippen LogP) is 4.45. The average Bonchev–Trinajstić information content (AvgIpc) is 2.42. The predicted molar refractivity (Wildman–Crippen MR) is 82.5 cm³/mol. The van der Waals surface area contributed by atoms with Crippen LogP contribution in [-0.4, -0.2) is 16.0 Å². The molecule has 0 aromatic heterocycles. The lowest BCUT2D eigenvalue weighted by molar-refractivity contribution is -0.384. The van der Waals surface area contributed by atoms with Crippen LogP contribution in [-0.2, 0) is 0 Å². The van der Waals surface area contributed by atoms with Crippen LogP contribution in [0.4, 0.5) is 17.1 Å². The number of anilines is 2. The van der Waals surface area contributed by atoms with Crippen molar-refractivity contribution in [1.82, 2.24) is 0 Å². The number of nitro groups is 1. The number of aromatic carboxylic acids is 1. The van der Waals surface area contributed by atoms with Gasteiger partial charge in [-0.25, -0.2) is 4.79 Å². The number of para-hydroxylation sites is 1. The number of nitrogens with one attached hydrogen (secondary N) is 1. The van der Waals surface area contributed by atoms with Gasteiger partial charge in [0, 0.05) is 10.2 Å². The number of carboxylic acid groups (broad SMARTS) is 1. The van der Waals surface area contributed by atoms with Gasteiger partial charge in [-0.3, -0.25) is 10.1 Å². The molecule has 0 saturated heterocycles. The summed E-state index contributed by atoms with van der Waals surface area (Å²) in [6.45, 7) is 0. The van der Waals surface area contributed by atoms with Gasteiger partial charge in [0.1, 0.15) is 11.3 Å². The SMILES string of the molecule is O=C(O)c1cccc(Nc2ccc(Br)c(Cl)c2)c1[N+](=O)[O-]. The van der Waals surface area contributed by atoms with E-state index >= 15 is 0 Å². The van der Waals surface area contributed by atoms with Crippen molar-refractivity contribution in [2.24, 2.45) is 0 Å². The minimum Gasteiger partial charge on any atom is -0.477 e. The second kappa shape index (κ2) is 6.11. The van der Waals surface area contributed by atoms with E-state index in [9.17, 15) is 14.9 Å². The minimum atomic E-state index is -1.36. The van der Waals surface area contributed by atoms with E-state index in [1.807, 2.05) is 0 Å². The van der Waals surface area contributed by atoms with Gasteiger partial charge in [-0.15, -0.1) is 0 Å². The standard InChI is InChI=1S/C13H8BrClN2O4/c14-9-5-4-7(6-10(9)15)16-11-3-1-2-8(13(18)19)12(11)17(20)21/h1-6,16H,(H,18,19). The molecular weight excluding hydrogens is 364 g/mol. The molecule has 2 aromatic rings. The van der Waals surface area contributed by atoms with E-state index in [0.29, 0.717) is 15.2 Å². The Labute approximate surface area is 132 Å². The Balaban J connectivity index is 2.48. The molecule has 8 heteroatoms. The van der Waals surface area contributed by atoms with E-state index in [0.717, 1.165) is 0 Å². The summed E-state index contributed by atoms with van der Waals surface area (Å²) in [5.74, 6) is -1.36. The topological polar surface area (TPSA) is 92.5 Å². The van der Waals surface area contributed by atoms with Crippen LogP contribution in [0.25, 0.3) is 0 Å². The van der Waals surface area contributed by atoms with Crippen molar-refractivity contribution in [2.45, 2.75) is 0 Å². The third-order valence-corrected chi connectivity index (χ3v) is 3.88. The zero-order valence-corrected chi connectivity index (χ0v) is 12.7. The molecule has 0 bridgehead atoms. The molecule has 0 amide bonds. The quantitative estimate of drug-likeness (QED) is 0.612. The third-order valence-electron chi connectivity index (χ3n) is 2.65. The van der Waals surface area contributed by atoms with E-state index in [-0.39, 0.29) is 11.3 Å². The van der Waals surface area contributed by atoms with Crippen LogP contribution in [0.5, 0.6) is 0 Å². The fraction of sp³-hybridized carbons (Fsp3) is 0. The van der Waals surface area contributed by atoms with E-state index in [4.69, 9.17) is 16.7 Å². The van der Waals surface area contributed by atoms with Gasteiger partial charge in [-0.2, -0.15) is 0 Å². The lowest BCUT2D eigenvalue weighted by atomic mass is 10.1. The maximum Gasteiger partial charge on any atom is 0.342 e. The fourth-order valence-corrected chi connectivity index (χ4v) is 2.17. The summed E-state index contributed by atoms with van der Waals surface area (Å²) in [6, 6.07) is 8.95. The summed E-state index contributed by atoms with van der Waals surface area (Å²) in [6.07, 6.45) is 0. The number of rotatable bonds is 4. The van der Waals surface area contributed by atoms with Crippen LogP contribution in [0.3, 0.4) is 0 Å². The molecule has 2 rings (SSSR count). The van der Waals surface area contributed by atoms with Gasteiger partial charge in [0.25, 0.3) is 0 Å². The Morgan fingerprint density at radius 3 is 2.62 bits per heavy atom. The van der Waals surface area contributed by atoms with Crippen LogP contribution in [0.1, 0.15) is 10.4 Å². The largest absolute Gasteiger partial charge is 0.477 e. The van der Waals surface area contributed by atoms with Gasteiger partial charge in [-0.05, 0) is 46.3 Å². The molecule has 0 aliphatic carbocycles. The van der Waals surface area contributed by atoms with Crippen LogP contribution in [0, 0.1) is 10.1 Å². The van der Waals surface area contributed by atoms with Crippen molar-refractivity contribution in [3.05, 3.63) is 61.6 Å². The fourth-order valence-electron chi connectivity index (χ4n) is 1.74. The Kier molecular flexibility index (Phi) is 4.44. The van der Waals surface area contributed by atoms with Crippen molar-refractivity contribution >= 4 is 50.6 Å². The molecule has 108 valence electrons. The molecule has 0 unspecified atom stereocenters. The van der Waals surface area contributed by atoms with Gasteiger partial charge in [-0.1, -0.05) is 17.7 Å². The molecular formula is C13H8BrClN2O4. The Morgan fingerprint density at radius 1 is 1.33 bits per heavy atom. The molecule has 0 spiro atoms. The van der Waals surface area contributed by atoms with E-state index < -0.39 is 16.6 Å². The number of nitrogens with zero attached hydrogens (tertiary/aromatic N) is 1. The summed E-state index contributed by atoms with van der Waals surface area (Å²) in [4.78, 5) is 21.5. The second-order valence-corrected chi connectivity index (χ2v) is 5.28. The first-order chi connectivity index (χ1) is 9.90. The summed E-state index contributed by atoms with van der Waals surface area (Å²) in [7, 11) is 0. The molecule has 2 aromatic carbocycles. The van der Waals surface area contributed by atoms with Crippen molar-refractivity contribution in [3.8, 4) is 0 Å². The van der Waals surface area contributed by atoms with Gasteiger partial charge in [0.15, 0.2) is 0 Å². The van der Waals surface area contributed by atoms with Crippen LogP contribution >= 0.6 is 27.5 Å². The number of nitro benzene ring substituents is 1. The molecule has 0 heterocycles. The lowest BCUT2D eigenvalue weighted by Crippen LogP contribution is -2.05. The smallest absolute Gasteiger partial charge is 0.342 e. The summed E-state index contributed by atoms with van der Waals surface area (Å²) in [5.41, 5.74) is -0.288. The molecule has 0 fully saturated rings. The molecule has 0 saturated carbocycles. The van der Waals surface area contributed by atoms with Crippen molar-refractivity contribution < 1.29 is 14.8 Å². The number of halogens is 2. The normalized spacial score (nSPS) is 10.2. The maximum atomic E-state index is 11.1. The number of hydrogen-bond acceptors (Lipinski definition) is 4. The minimum absolute atomic E-state index is 0.0817. The molecule has 0 radical (unpaired) electrons. The molecule has 0 aliphatic rings. The first kappa shape index (κ1) is 15.3. The first-order valence-electron chi connectivity index (χ1n) is 5.63. The monoisotopic (exact) mass is 370 g/mol. The first-order valence-corrected chi connectivity index (χ1v) is 6.80. The van der Waals surface area contributed by atoms with Gasteiger partial charge >= 0.3 is 11.7 Å². The van der Waals surface area contributed by atoms with Crippen molar-refractivity contribution in [3.63, 3.8) is 0 Å². The number of hydrogen-bond donors (Lipinski definition) is 2. The Hall–Kier alpha value is -2.12. The highest BCUT2D eigenvalue weighted by Crippen LogP contribution is 2.33. The van der Waals surface area contributed by atoms with Crippen LogP contribution in [0.2, 0.25) is 5.02 Å². The zero-order chi connectivity index (χ0) is 15.6. The number of carboxylic acids is 1. The van der Waals surface area contributed by atoms with Crippen LogP contribution < -0.4 is 5.32 Å². The van der Waals surface area contributed by atoms with Gasteiger partial charge in [0.05, 0.1) is 9.95 Å². The third kappa shape index (κ3) is 3.32. The molecule has 0 aliphatic heterocycles. The van der Waals surface area contributed by atoms with Gasteiger partial charge in [0.2, 0.25) is 0 Å². The summed E-state index contributed by atoms with van der Waals surface area (Å²) < 4.78 is 0.684. The van der Waals surface area contributed by atoms with E-state index in [2.05, 4.69) is 21.2 Å². The van der Waals surface area contributed by atoms with Gasteiger partial charge < -0.3 is 10.4 Å². The van der Waals surface area contributed by atoms with E-state index in [1.165, 1.54) is 18.2 Å². The molecule has 6 nitrogen and oxygen atoms in total. The Morgan fingerprint density at radius 2 is 2.05 bits per heavy atom. The molecule has 21 heavy (non-hydrogen) atoms. The number of benzene rings is 2. The highest BCUT2D eigenvalue weighted by atomic mass is 79.9. The lowest BCUT2D eigenvalue weighted by Gasteiger charge is -2.09. The second-order valence-electron chi connectivity index (χ2n) is 4.02. The van der Waals surface area contributed by atoms with Crippen molar-refractivity contribution in [1.29, 1.82) is 0 Å². The molecule has 0 atom stereocenters. The highest BCUT2D eigenvalue weighted by Gasteiger charge is 2.24. The van der Waals surface area contributed by atoms with Crippen molar-refractivity contribution in [2.75, 3.05) is 5.32 Å². The Bertz CT molecular complexity index is 736. The van der Waals surface area contributed by atoms with E-state index in [1.54, 1.807) is 18.2 Å². The maximum absolute atomic E-state index is 11.1. The number of carbonyl (C=O) groups is 1. The molecule has 2 N–H and O–H groups in total. The highest BCUT2D eigenvalue weighted by molar-refractivity contribution is 9.10. The summed E-state index contributed by atoms with van der Waals surface area (Å²) >= 11 is 9.19. The zero-order valence-electron chi connectivity index (χ0n) is 10.3. The summed E-state index contributed by atoms with van der Waals surface area (Å²) in [5, 5.41) is 23.4. The average molecular weight is 372 g/mol. The van der Waals surface area contributed by atoms with Crippen LogP contribution in [0.15, 0.2) is 40.9 Å².